The lowest BCUT2D eigenvalue weighted by atomic mass is 10.1. The fourth-order valence-electron chi connectivity index (χ4n) is 4.55. The quantitative estimate of drug-likeness (QED) is 0.133. The number of thioether (sulfide) groups is 1. The molecular formula is C33H37N5O7S2. The number of nitrogens with zero attached hydrogens (tertiary/aromatic N) is 3. The van der Waals surface area contributed by atoms with Crippen LogP contribution in [-0.4, -0.2) is 64.1 Å². The van der Waals surface area contributed by atoms with Crippen molar-refractivity contribution in [2.24, 2.45) is 0 Å². The van der Waals surface area contributed by atoms with Crippen molar-refractivity contribution in [1.29, 1.82) is 0 Å². The van der Waals surface area contributed by atoms with Crippen molar-refractivity contribution in [2.75, 3.05) is 25.6 Å². The van der Waals surface area contributed by atoms with Crippen molar-refractivity contribution in [3.63, 3.8) is 0 Å². The zero-order chi connectivity index (χ0) is 34.1. The molecule has 4 rings (SSSR count). The lowest BCUT2D eigenvalue weighted by Crippen LogP contribution is -2.26. The average molecular weight is 680 g/mol. The van der Waals surface area contributed by atoms with Gasteiger partial charge in [0.25, 0.3) is 0 Å². The van der Waals surface area contributed by atoms with Crippen LogP contribution in [0.2, 0.25) is 0 Å². The topological polar surface area (TPSA) is 151 Å². The number of anilines is 1. The van der Waals surface area contributed by atoms with E-state index in [1.54, 1.807) is 51.5 Å². The molecular weight excluding hydrogens is 643 g/mol. The summed E-state index contributed by atoms with van der Waals surface area (Å²) in [5, 5.41) is 14.3. The van der Waals surface area contributed by atoms with Gasteiger partial charge in [0.05, 0.1) is 44.1 Å². The zero-order valence-corrected chi connectivity index (χ0v) is 28.7. The average Bonchev–Trinajstić information content (AvgIpc) is 3.60. The summed E-state index contributed by atoms with van der Waals surface area (Å²) in [6, 6.07) is 15.0. The van der Waals surface area contributed by atoms with E-state index in [0.717, 1.165) is 39.9 Å². The minimum absolute atomic E-state index is 0.102. The van der Waals surface area contributed by atoms with Crippen molar-refractivity contribution in [3.8, 4) is 11.4 Å². The van der Waals surface area contributed by atoms with Gasteiger partial charge in [0.15, 0.2) is 11.0 Å². The van der Waals surface area contributed by atoms with Crippen LogP contribution in [0.5, 0.6) is 5.75 Å². The molecule has 12 nitrogen and oxygen atoms in total. The Morgan fingerprint density at radius 1 is 0.979 bits per heavy atom. The summed E-state index contributed by atoms with van der Waals surface area (Å²) < 4.78 is 17.3. The van der Waals surface area contributed by atoms with Gasteiger partial charge in [-0.25, -0.2) is 9.59 Å². The number of nitrogens with one attached hydrogen (secondary N) is 2. The third-order valence-corrected chi connectivity index (χ3v) is 9.13. The summed E-state index contributed by atoms with van der Waals surface area (Å²) in [4.78, 5) is 51.9. The SMILES string of the molecule is CCOC(=O)c1sc(NC(=O)C(C)Sc2nnc(CNC(=O)Cc3ccc(OC)cc3)n2-c2cccc(C)c2)c(C(=O)OCC)c1C. The van der Waals surface area contributed by atoms with E-state index in [9.17, 15) is 19.2 Å². The lowest BCUT2D eigenvalue weighted by molar-refractivity contribution is -0.120. The molecule has 0 aliphatic heterocycles. The van der Waals surface area contributed by atoms with Gasteiger partial charge in [-0.15, -0.1) is 21.5 Å². The van der Waals surface area contributed by atoms with E-state index in [-0.39, 0.29) is 47.5 Å². The lowest BCUT2D eigenvalue weighted by Gasteiger charge is -2.15. The van der Waals surface area contributed by atoms with E-state index in [2.05, 4.69) is 20.8 Å². The minimum atomic E-state index is -0.705. The molecule has 2 heterocycles. The van der Waals surface area contributed by atoms with Crippen molar-refractivity contribution in [2.45, 2.75) is 58.0 Å². The number of esters is 2. The molecule has 0 radical (unpaired) electrons. The molecule has 2 amide bonds. The van der Waals surface area contributed by atoms with Gasteiger partial charge in [-0.3, -0.25) is 14.2 Å². The van der Waals surface area contributed by atoms with Gasteiger partial charge in [-0.05, 0) is 75.6 Å². The number of benzene rings is 2. The fourth-order valence-corrected chi connectivity index (χ4v) is 6.53. The number of amides is 2. The van der Waals surface area contributed by atoms with Crippen LogP contribution in [0.15, 0.2) is 53.7 Å². The predicted molar refractivity (Wildman–Crippen MR) is 180 cm³/mol. The number of ether oxygens (including phenoxy) is 3. The third-order valence-electron chi connectivity index (χ3n) is 6.90. The molecule has 4 aromatic rings. The Morgan fingerprint density at radius 3 is 2.34 bits per heavy atom. The monoisotopic (exact) mass is 679 g/mol. The van der Waals surface area contributed by atoms with E-state index in [1.165, 1.54) is 0 Å². The first-order valence-electron chi connectivity index (χ1n) is 14.9. The Bertz CT molecular complexity index is 1750. The van der Waals surface area contributed by atoms with Crippen LogP contribution in [0.1, 0.15) is 63.3 Å². The summed E-state index contributed by atoms with van der Waals surface area (Å²) in [6.45, 7) is 9.02. The number of aryl methyl sites for hydroxylation is 1. The van der Waals surface area contributed by atoms with Gasteiger partial charge in [0.1, 0.15) is 15.6 Å². The Labute approximate surface area is 281 Å². The molecule has 0 bridgehead atoms. The van der Waals surface area contributed by atoms with E-state index in [4.69, 9.17) is 14.2 Å². The number of aromatic nitrogens is 3. The summed E-state index contributed by atoms with van der Waals surface area (Å²) in [6.07, 6.45) is 0.176. The van der Waals surface area contributed by atoms with Crippen LogP contribution in [0, 0.1) is 13.8 Å². The van der Waals surface area contributed by atoms with Crippen molar-refractivity contribution >= 4 is 51.9 Å². The number of hydrogen-bond donors (Lipinski definition) is 2. The van der Waals surface area contributed by atoms with Crippen molar-refractivity contribution in [3.05, 3.63) is 81.5 Å². The predicted octanol–water partition coefficient (Wildman–Crippen LogP) is 5.29. The maximum atomic E-state index is 13.5. The summed E-state index contributed by atoms with van der Waals surface area (Å²) in [5.74, 6) is -0.665. The molecule has 47 heavy (non-hydrogen) atoms. The smallest absolute Gasteiger partial charge is 0.348 e. The van der Waals surface area contributed by atoms with E-state index >= 15 is 0 Å². The molecule has 2 aromatic carbocycles. The maximum absolute atomic E-state index is 13.5. The molecule has 248 valence electrons. The van der Waals surface area contributed by atoms with Gasteiger partial charge < -0.3 is 24.8 Å². The van der Waals surface area contributed by atoms with E-state index in [1.807, 2.05) is 43.3 Å². The first-order chi connectivity index (χ1) is 22.6. The molecule has 0 spiro atoms. The standard InChI is InChI=1S/C33H37N5O7S2/c1-7-44-31(41)27-20(4)28(32(42)45-8-2)47-30(27)35-29(40)21(5)46-33-37-36-25(38(33)23-11-9-10-19(3)16-23)18-34-26(39)17-22-12-14-24(43-6)15-13-22/h9-16,21H,7-8,17-18H2,1-6H3,(H,34,39)(H,35,40). The molecule has 2 aromatic heterocycles. The number of hydrogen-bond acceptors (Lipinski definition) is 11. The minimum Gasteiger partial charge on any atom is -0.497 e. The normalized spacial score (nSPS) is 11.4. The molecule has 1 atom stereocenters. The van der Waals surface area contributed by atoms with Crippen molar-refractivity contribution in [1.82, 2.24) is 20.1 Å². The van der Waals surface area contributed by atoms with Crippen molar-refractivity contribution < 1.29 is 33.4 Å². The highest BCUT2D eigenvalue weighted by atomic mass is 32.2. The second-order valence-electron chi connectivity index (χ2n) is 10.3. The third kappa shape index (κ3) is 8.77. The Balaban J connectivity index is 1.54. The largest absolute Gasteiger partial charge is 0.497 e. The van der Waals surface area contributed by atoms with Gasteiger partial charge in [0, 0.05) is 5.69 Å². The zero-order valence-electron chi connectivity index (χ0n) is 27.0. The number of thiophene rings is 1. The molecule has 2 N–H and O–H groups in total. The molecule has 0 aliphatic rings. The van der Waals surface area contributed by atoms with Gasteiger partial charge in [0.2, 0.25) is 11.8 Å². The molecule has 0 aliphatic carbocycles. The molecule has 1 unspecified atom stereocenters. The fraction of sp³-hybridized carbons (Fsp3) is 0.333. The summed E-state index contributed by atoms with van der Waals surface area (Å²) >= 11 is 2.12. The Morgan fingerprint density at radius 2 is 1.68 bits per heavy atom. The van der Waals surface area contributed by atoms with E-state index < -0.39 is 23.1 Å². The van der Waals surface area contributed by atoms with Gasteiger partial charge in [-0.1, -0.05) is 36.0 Å². The highest BCUT2D eigenvalue weighted by molar-refractivity contribution is 8.00. The first kappa shape index (κ1) is 35.2. The first-order valence-corrected chi connectivity index (χ1v) is 16.6. The highest BCUT2D eigenvalue weighted by Crippen LogP contribution is 2.35. The molecule has 0 fully saturated rings. The van der Waals surface area contributed by atoms with Crippen LogP contribution in [0.4, 0.5) is 5.00 Å². The summed E-state index contributed by atoms with van der Waals surface area (Å²) in [5.41, 5.74) is 3.09. The van der Waals surface area contributed by atoms with Gasteiger partial charge >= 0.3 is 11.9 Å². The van der Waals surface area contributed by atoms with Crippen LogP contribution in [0.25, 0.3) is 5.69 Å². The van der Waals surface area contributed by atoms with Crippen LogP contribution in [0.3, 0.4) is 0 Å². The number of rotatable bonds is 14. The molecule has 0 saturated heterocycles. The number of methoxy groups -OCH3 is 1. The number of carbonyl (C=O) groups is 4. The number of carbonyl (C=O) groups excluding carboxylic acids is 4. The second-order valence-corrected chi connectivity index (χ2v) is 12.7. The van der Waals surface area contributed by atoms with Crippen LogP contribution < -0.4 is 15.4 Å². The second kappa shape index (κ2) is 16.2. The highest BCUT2D eigenvalue weighted by Gasteiger charge is 2.29. The molecule has 14 heteroatoms. The van der Waals surface area contributed by atoms with Crippen LogP contribution in [-0.2, 0) is 32.0 Å². The Hall–Kier alpha value is -4.69. The Kier molecular flexibility index (Phi) is 12.1. The maximum Gasteiger partial charge on any atom is 0.348 e. The summed E-state index contributed by atoms with van der Waals surface area (Å²) in [7, 11) is 1.58. The van der Waals surface area contributed by atoms with E-state index in [0.29, 0.717) is 22.3 Å². The van der Waals surface area contributed by atoms with Gasteiger partial charge in [-0.2, -0.15) is 0 Å². The molecule has 0 saturated carbocycles. The van der Waals surface area contributed by atoms with Crippen LogP contribution >= 0.6 is 23.1 Å².